The maximum absolute atomic E-state index is 5.71. The first-order valence-corrected chi connectivity index (χ1v) is 9.15. The predicted octanol–water partition coefficient (Wildman–Crippen LogP) is 5.27. The van der Waals surface area contributed by atoms with Gasteiger partial charge in [0.1, 0.15) is 0 Å². The van der Waals surface area contributed by atoms with Crippen LogP contribution in [0.25, 0.3) is 0 Å². The third kappa shape index (κ3) is 14.3. The van der Waals surface area contributed by atoms with Gasteiger partial charge in [-0.15, -0.1) is 0 Å². The van der Waals surface area contributed by atoms with Crippen LogP contribution in [0.15, 0.2) is 0 Å². The minimum absolute atomic E-state index is 0.956. The smallest absolute Gasteiger partial charge is 0.0466 e. The first-order valence-electron chi connectivity index (χ1n) is 9.15. The summed E-state index contributed by atoms with van der Waals surface area (Å²) in [5.74, 6) is 0. The first kappa shape index (κ1) is 19.9. The highest BCUT2D eigenvalue weighted by Gasteiger charge is 1.98. The molecule has 0 radical (unpaired) electrons. The summed E-state index contributed by atoms with van der Waals surface area (Å²) in [5.41, 5.74) is 0. The second-order valence-electron chi connectivity index (χ2n) is 5.82. The van der Waals surface area contributed by atoms with E-state index in [1.807, 2.05) is 0 Å². The van der Waals surface area contributed by atoms with E-state index in [1.165, 1.54) is 83.8 Å². The minimum Gasteiger partial charge on any atom is -0.381 e. The molecule has 0 aliphatic rings. The molecule has 0 rings (SSSR count). The van der Waals surface area contributed by atoms with Crippen LogP contribution in [0.1, 0.15) is 85.0 Å². The Morgan fingerprint density at radius 3 is 1.65 bits per heavy atom. The van der Waals surface area contributed by atoms with Crippen LogP contribution in [0.4, 0.5) is 0 Å². The predicted molar refractivity (Wildman–Crippen MR) is 90.5 cm³/mol. The van der Waals surface area contributed by atoms with Crippen LogP contribution >= 0.6 is 0 Å². The fourth-order valence-corrected chi connectivity index (χ4v) is 2.52. The Labute approximate surface area is 128 Å². The quantitative estimate of drug-likeness (QED) is 0.358. The molecule has 0 spiro atoms. The highest BCUT2D eigenvalue weighted by molar-refractivity contribution is 4.52. The molecular weight excluding hydrogens is 246 g/mol. The third-order valence-corrected chi connectivity index (χ3v) is 4.05. The Kier molecular flexibility index (Phi) is 16.9. The molecule has 0 aliphatic carbocycles. The average molecular weight is 286 g/mol. The van der Waals surface area contributed by atoms with Crippen LogP contribution in [-0.4, -0.2) is 37.7 Å². The van der Waals surface area contributed by atoms with E-state index < -0.39 is 0 Å². The van der Waals surface area contributed by atoms with Crippen LogP contribution in [-0.2, 0) is 4.74 Å². The molecule has 0 aromatic carbocycles. The number of hydrogen-bond acceptors (Lipinski definition) is 2. The number of ether oxygens (including phenoxy) is 1. The van der Waals surface area contributed by atoms with Crippen molar-refractivity contribution in [2.45, 2.75) is 85.0 Å². The summed E-state index contributed by atoms with van der Waals surface area (Å²) in [5, 5.41) is 0. The van der Waals surface area contributed by atoms with Crippen molar-refractivity contribution in [1.29, 1.82) is 0 Å². The van der Waals surface area contributed by atoms with Crippen LogP contribution < -0.4 is 0 Å². The van der Waals surface area contributed by atoms with E-state index in [9.17, 15) is 0 Å². The van der Waals surface area contributed by atoms with Crippen molar-refractivity contribution < 1.29 is 4.74 Å². The van der Waals surface area contributed by atoms with Crippen LogP contribution in [0.5, 0.6) is 0 Å². The number of unbranched alkanes of at least 4 members (excludes halogenated alkanes) is 8. The SMILES string of the molecule is CCCCCCCCCCOCCCCN(CC)CC. The van der Waals surface area contributed by atoms with Gasteiger partial charge in [-0.25, -0.2) is 0 Å². The fraction of sp³-hybridized carbons (Fsp3) is 1.00. The molecule has 0 aliphatic heterocycles. The van der Waals surface area contributed by atoms with Crippen molar-refractivity contribution in [1.82, 2.24) is 4.90 Å². The van der Waals surface area contributed by atoms with Gasteiger partial charge >= 0.3 is 0 Å². The Morgan fingerprint density at radius 1 is 0.600 bits per heavy atom. The first-order chi connectivity index (χ1) is 9.85. The van der Waals surface area contributed by atoms with E-state index in [1.54, 1.807) is 0 Å². The fourth-order valence-electron chi connectivity index (χ4n) is 2.52. The lowest BCUT2D eigenvalue weighted by molar-refractivity contribution is 0.123. The van der Waals surface area contributed by atoms with Gasteiger partial charge in [0.25, 0.3) is 0 Å². The molecule has 0 bridgehead atoms. The molecule has 0 amide bonds. The van der Waals surface area contributed by atoms with E-state index in [2.05, 4.69) is 25.7 Å². The summed E-state index contributed by atoms with van der Waals surface area (Å²) in [6.45, 7) is 12.3. The zero-order valence-corrected chi connectivity index (χ0v) is 14.5. The van der Waals surface area contributed by atoms with Gasteiger partial charge in [-0.1, -0.05) is 65.7 Å². The molecule has 0 atom stereocenters. The molecule has 0 unspecified atom stereocenters. The topological polar surface area (TPSA) is 12.5 Å². The molecule has 0 fully saturated rings. The second kappa shape index (κ2) is 17.0. The molecule has 0 saturated carbocycles. The molecule has 2 heteroatoms. The van der Waals surface area contributed by atoms with Crippen LogP contribution in [0.3, 0.4) is 0 Å². The van der Waals surface area contributed by atoms with Crippen molar-refractivity contribution in [3.05, 3.63) is 0 Å². The number of hydrogen-bond donors (Lipinski definition) is 0. The minimum atomic E-state index is 0.956. The summed E-state index contributed by atoms with van der Waals surface area (Å²) in [6.07, 6.45) is 13.5. The van der Waals surface area contributed by atoms with E-state index in [-0.39, 0.29) is 0 Å². The highest BCUT2D eigenvalue weighted by atomic mass is 16.5. The lowest BCUT2D eigenvalue weighted by Crippen LogP contribution is -2.24. The van der Waals surface area contributed by atoms with Gasteiger partial charge in [0, 0.05) is 13.2 Å². The number of rotatable bonds is 16. The van der Waals surface area contributed by atoms with Crippen molar-refractivity contribution in [2.75, 3.05) is 32.8 Å². The molecule has 0 aromatic rings. The Bertz CT molecular complexity index is 169. The zero-order valence-electron chi connectivity index (χ0n) is 14.5. The molecule has 0 N–H and O–H groups in total. The zero-order chi connectivity index (χ0) is 14.9. The van der Waals surface area contributed by atoms with Gasteiger partial charge < -0.3 is 9.64 Å². The molecule has 2 nitrogen and oxygen atoms in total. The second-order valence-corrected chi connectivity index (χ2v) is 5.82. The van der Waals surface area contributed by atoms with Gasteiger partial charge in [0.15, 0.2) is 0 Å². The molecule has 122 valence electrons. The number of nitrogens with zero attached hydrogens (tertiary/aromatic N) is 1. The molecule has 20 heavy (non-hydrogen) atoms. The summed E-state index contributed by atoms with van der Waals surface area (Å²) in [6, 6.07) is 0. The third-order valence-electron chi connectivity index (χ3n) is 4.05. The largest absolute Gasteiger partial charge is 0.381 e. The van der Waals surface area contributed by atoms with Crippen LogP contribution in [0, 0.1) is 0 Å². The van der Waals surface area contributed by atoms with Crippen LogP contribution in [0.2, 0.25) is 0 Å². The van der Waals surface area contributed by atoms with Crippen molar-refractivity contribution in [3.8, 4) is 0 Å². The molecular formula is C18H39NO. The van der Waals surface area contributed by atoms with Gasteiger partial charge in [-0.3, -0.25) is 0 Å². The maximum Gasteiger partial charge on any atom is 0.0466 e. The van der Waals surface area contributed by atoms with Gasteiger partial charge in [0.2, 0.25) is 0 Å². The standard InChI is InChI=1S/C18H39NO/c1-4-7-8-9-10-11-12-14-17-20-18-15-13-16-19(5-2)6-3/h4-18H2,1-3H3. The highest BCUT2D eigenvalue weighted by Crippen LogP contribution is 2.08. The summed E-state index contributed by atoms with van der Waals surface area (Å²) < 4.78 is 5.71. The summed E-state index contributed by atoms with van der Waals surface area (Å²) >= 11 is 0. The summed E-state index contributed by atoms with van der Waals surface area (Å²) in [4.78, 5) is 2.48. The summed E-state index contributed by atoms with van der Waals surface area (Å²) in [7, 11) is 0. The molecule has 0 saturated heterocycles. The van der Waals surface area contributed by atoms with Crippen molar-refractivity contribution in [2.24, 2.45) is 0 Å². The van der Waals surface area contributed by atoms with E-state index >= 15 is 0 Å². The average Bonchev–Trinajstić information content (AvgIpc) is 2.48. The molecule has 0 heterocycles. The normalized spacial score (nSPS) is 11.4. The van der Waals surface area contributed by atoms with Crippen molar-refractivity contribution in [3.63, 3.8) is 0 Å². The van der Waals surface area contributed by atoms with Crippen molar-refractivity contribution >= 4 is 0 Å². The Morgan fingerprint density at radius 2 is 1.10 bits per heavy atom. The van der Waals surface area contributed by atoms with Gasteiger partial charge in [-0.2, -0.15) is 0 Å². The Hall–Kier alpha value is -0.0800. The van der Waals surface area contributed by atoms with E-state index in [0.29, 0.717) is 0 Å². The van der Waals surface area contributed by atoms with E-state index in [4.69, 9.17) is 4.74 Å². The monoisotopic (exact) mass is 285 g/mol. The van der Waals surface area contributed by atoms with Gasteiger partial charge in [0.05, 0.1) is 0 Å². The van der Waals surface area contributed by atoms with E-state index in [0.717, 1.165) is 13.2 Å². The Balaban J connectivity index is 3.02. The maximum atomic E-state index is 5.71. The lowest BCUT2D eigenvalue weighted by atomic mass is 10.1. The molecule has 0 aromatic heterocycles. The van der Waals surface area contributed by atoms with Gasteiger partial charge in [-0.05, 0) is 38.9 Å². The lowest BCUT2D eigenvalue weighted by Gasteiger charge is -2.17.